The van der Waals surface area contributed by atoms with E-state index in [1.165, 1.54) is 10.8 Å². The molecule has 4 aromatic carbocycles. The molecule has 0 saturated carbocycles. The van der Waals surface area contributed by atoms with Gasteiger partial charge in [0.1, 0.15) is 41.6 Å². The Bertz CT molecular complexity index is 3500. The molecule has 0 bridgehead atoms. The molecule has 2 saturated heterocycles. The summed E-state index contributed by atoms with van der Waals surface area (Å²) in [6.45, 7) is 9.18. The second-order valence-corrected chi connectivity index (χ2v) is 23.0. The van der Waals surface area contributed by atoms with Gasteiger partial charge in [0.05, 0.1) is 23.9 Å². The molecule has 22 heteroatoms. The van der Waals surface area contributed by atoms with Crippen LogP contribution in [0, 0.1) is 11.8 Å². The number of piperidine rings is 1. The summed E-state index contributed by atoms with van der Waals surface area (Å²) in [6, 6.07) is 24.2. The largest absolute Gasteiger partial charge is 0.508 e. The van der Waals surface area contributed by atoms with Crippen LogP contribution >= 0.6 is 0 Å². The topological polar surface area (TPSA) is 231 Å². The van der Waals surface area contributed by atoms with E-state index < -0.39 is 58.9 Å². The number of hydrogen-bond acceptors (Lipinski definition) is 18. The second kappa shape index (κ2) is 24.2. The van der Waals surface area contributed by atoms with Gasteiger partial charge in [-0.25, -0.2) is 19.2 Å². The summed E-state index contributed by atoms with van der Waals surface area (Å²) < 4.78 is 37.7. The van der Waals surface area contributed by atoms with Gasteiger partial charge in [-0.05, 0) is 94.5 Å². The van der Waals surface area contributed by atoms with Gasteiger partial charge in [0, 0.05) is 138 Å². The Morgan fingerprint density at radius 2 is 1.61 bits per heavy atom. The number of carbonyl (C=O) groups excluding carboxylic acids is 4. The van der Waals surface area contributed by atoms with E-state index in [0.717, 1.165) is 47.5 Å². The van der Waals surface area contributed by atoms with Crippen LogP contribution in [0.1, 0.15) is 120 Å². The molecule has 0 radical (unpaired) electrons. The van der Waals surface area contributed by atoms with E-state index in [-0.39, 0.29) is 42.8 Å². The number of H-pyrrole nitrogens is 1. The minimum Gasteiger partial charge on any atom is -0.456 e. The van der Waals surface area contributed by atoms with Crippen molar-refractivity contribution in [2.75, 3.05) is 77.8 Å². The Morgan fingerprint density at radius 3 is 2.26 bits per heavy atom. The van der Waals surface area contributed by atoms with E-state index in [0.29, 0.717) is 66.4 Å². The Balaban J connectivity index is 0.785. The first-order chi connectivity index (χ1) is 40.2. The molecule has 10 rings (SSSR count). The number of fused-ring (bicyclic) bond motifs is 6. The lowest BCUT2D eigenvalue weighted by atomic mass is 9.77. The minimum atomic E-state index is -1.43. The van der Waals surface area contributed by atoms with Crippen LogP contribution in [0.25, 0.3) is 5.70 Å². The molecule has 4 N–H and O–H groups in total. The molecule has 1 spiro atoms. The highest BCUT2D eigenvalue weighted by molar-refractivity contribution is 6.01. The molecule has 22 nitrogen and oxygen atoms in total. The molecule has 0 aliphatic carbocycles. The molecule has 5 aliphatic rings. The number of nitrogens with one attached hydrogen (secondary N) is 4. The van der Waals surface area contributed by atoms with E-state index in [9.17, 15) is 28.8 Å². The summed E-state index contributed by atoms with van der Waals surface area (Å²) in [5.41, 5.74) is 9.48. The molecule has 2 amide bonds. The summed E-state index contributed by atoms with van der Waals surface area (Å²) in [5, 5.41) is 4.61. The third kappa shape index (κ3) is 12.4. The maximum Gasteiger partial charge on any atom is 0.508 e. The molecule has 442 valence electrons. The first-order valence-corrected chi connectivity index (χ1v) is 28.3. The first kappa shape index (κ1) is 58.4. The predicted molar refractivity (Wildman–Crippen MR) is 313 cm³/mol. The number of ether oxygens (including phenoxy) is 6. The van der Waals surface area contributed by atoms with E-state index in [1.54, 1.807) is 18.2 Å². The highest BCUT2D eigenvalue weighted by atomic mass is 16.7. The van der Waals surface area contributed by atoms with Gasteiger partial charge in [0.25, 0.3) is 11.5 Å². The van der Waals surface area contributed by atoms with E-state index in [4.69, 9.17) is 28.4 Å². The molecule has 1 aromatic heterocycles. The van der Waals surface area contributed by atoms with Crippen LogP contribution in [0.5, 0.6) is 11.5 Å². The van der Waals surface area contributed by atoms with Gasteiger partial charge in [0.15, 0.2) is 5.60 Å². The molecule has 6 heterocycles. The molecule has 5 aliphatic heterocycles. The number of anilines is 2. The summed E-state index contributed by atoms with van der Waals surface area (Å²) in [6.07, 6.45) is 2.79. The van der Waals surface area contributed by atoms with Crippen molar-refractivity contribution in [2.45, 2.75) is 102 Å². The minimum absolute atomic E-state index is 0.0132. The van der Waals surface area contributed by atoms with Crippen molar-refractivity contribution in [3.05, 3.63) is 157 Å². The number of hydrogen-bond donors (Lipinski definition) is 4. The van der Waals surface area contributed by atoms with Crippen molar-refractivity contribution < 1.29 is 47.6 Å². The predicted octanol–water partition coefficient (Wildman–Crippen LogP) is 6.78. The van der Waals surface area contributed by atoms with Crippen molar-refractivity contribution in [1.29, 1.82) is 0 Å². The van der Waals surface area contributed by atoms with E-state index in [2.05, 4.69) is 50.1 Å². The standard InChI is InChI=1S/C62H72N10O12/c1-10-50-53(82-60(78)79-29-28-70(34-38-16-18-39(19-17-38)49-37-69(9)66-65-49)36-44-15-11-12-27-71(44)59(77)84-61(2,3)4)33-54(81-50)72-35-41(56(74)64-58(72)76)14-13-26-63-55(73)40-20-23-45-48(30-40)62(83-57(45)75)46-24-21-42(67(5)6)31-51(46)80-52-32-43(68(7)8)22-25-47(52)62/h16-25,30-32,35,37,44,50,53-54,65-66H,10-12,15,26-29,33-34,36H2,1-9H3,(H,63,73)(H,64,74,76)/t44?,50-,53?,54-/m1/s1. The SMILES string of the molecule is CC[C@H]1O[C@@H](n2cc(C#CCNC(=O)c3ccc4c(c3)C3(OC4=O)c4ccc(N(C)C)cc4Oc4cc(N(C)C)ccc43)c(=O)[nH]c2=O)CC1OC(=O)OCCN(Cc1ccc(C2=CN(C)NN2)cc1)CC1CCCCN1C(=O)OC(C)(C)C. The molecule has 2 fully saturated rings. The lowest BCUT2D eigenvalue weighted by molar-refractivity contribution is -0.0386. The number of benzene rings is 4. The normalized spacial score (nSPS) is 19.2. The zero-order valence-electron chi connectivity index (χ0n) is 48.8. The summed E-state index contributed by atoms with van der Waals surface area (Å²) in [5.74, 6) is 5.55. The summed E-state index contributed by atoms with van der Waals surface area (Å²) in [4.78, 5) is 91.0. The molecule has 2 unspecified atom stereocenters. The average molecular weight is 1150 g/mol. The van der Waals surface area contributed by atoms with Gasteiger partial charge in [0.2, 0.25) is 0 Å². The fourth-order valence-electron chi connectivity index (χ4n) is 11.2. The van der Waals surface area contributed by atoms with Gasteiger partial charge >= 0.3 is 23.9 Å². The summed E-state index contributed by atoms with van der Waals surface area (Å²) >= 11 is 0. The maximum atomic E-state index is 13.9. The Morgan fingerprint density at radius 1 is 0.893 bits per heavy atom. The van der Waals surface area contributed by atoms with Crippen molar-refractivity contribution in [3.8, 4) is 23.3 Å². The van der Waals surface area contributed by atoms with Gasteiger partial charge in [-0.15, -0.1) is 5.53 Å². The van der Waals surface area contributed by atoms with Crippen molar-refractivity contribution in [3.63, 3.8) is 0 Å². The Kier molecular flexibility index (Phi) is 16.8. The molecule has 4 atom stereocenters. The number of amides is 2. The third-order valence-corrected chi connectivity index (χ3v) is 15.4. The highest BCUT2D eigenvalue weighted by Gasteiger charge is 2.54. The van der Waals surface area contributed by atoms with Crippen LogP contribution in [0.4, 0.5) is 21.0 Å². The first-order valence-electron chi connectivity index (χ1n) is 28.3. The summed E-state index contributed by atoms with van der Waals surface area (Å²) in [7, 11) is 9.58. The van der Waals surface area contributed by atoms with Crippen LogP contribution in [0.2, 0.25) is 0 Å². The lowest BCUT2D eigenvalue weighted by Gasteiger charge is -2.39. The van der Waals surface area contributed by atoms with Gasteiger partial charge in [-0.1, -0.05) is 43.0 Å². The number of likely N-dealkylation sites (tertiary alicyclic amines) is 1. The van der Waals surface area contributed by atoms with Crippen molar-refractivity contribution in [1.82, 2.24) is 40.6 Å². The number of esters is 1. The molecule has 84 heavy (non-hydrogen) atoms. The highest BCUT2D eigenvalue weighted by Crippen LogP contribution is 2.57. The fraction of sp³-hybridized carbons (Fsp3) is 0.419. The van der Waals surface area contributed by atoms with Gasteiger partial charge in [-0.3, -0.25) is 29.0 Å². The second-order valence-electron chi connectivity index (χ2n) is 23.0. The number of hydrazine groups is 2. The monoisotopic (exact) mass is 1150 g/mol. The number of aromatic nitrogens is 2. The Labute approximate surface area is 487 Å². The number of nitrogens with zero attached hydrogens (tertiary/aromatic N) is 6. The lowest BCUT2D eigenvalue weighted by Crippen LogP contribution is -2.51. The third-order valence-electron chi connectivity index (χ3n) is 15.4. The molecule has 5 aromatic rings. The number of carbonyl (C=O) groups is 4. The zero-order valence-corrected chi connectivity index (χ0v) is 48.8. The van der Waals surface area contributed by atoms with E-state index in [1.807, 2.05) is 137 Å². The van der Waals surface area contributed by atoms with Crippen molar-refractivity contribution >= 4 is 41.2 Å². The van der Waals surface area contributed by atoms with Crippen LogP contribution in [0.3, 0.4) is 0 Å². The van der Waals surface area contributed by atoms with Crippen LogP contribution in [-0.4, -0.2) is 140 Å². The van der Waals surface area contributed by atoms with Gasteiger partial charge < -0.3 is 53.9 Å². The van der Waals surface area contributed by atoms with E-state index >= 15 is 0 Å². The fourth-order valence-corrected chi connectivity index (χ4v) is 11.2. The van der Waals surface area contributed by atoms with Crippen LogP contribution in [-0.2, 0) is 35.8 Å². The maximum absolute atomic E-state index is 13.9. The number of rotatable bonds is 15. The average Bonchev–Trinajstić information content (AvgIpc) is 1.48. The molecular formula is C62H72N10O12. The van der Waals surface area contributed by atoms with Crippen LogP contribution in [0.15, 0.2) is 101 Å². The Hall–Kier alpha value is -8.78. The molecular weight excluding hydrogens is 1080 g/mol. The smallest absolute Gasteiger partial charge is 0.456 e. The van der Waals surface area contributed by atoms with Crippen molar-refractivity contribution in [2.24, 2.45) is 0 Å². The van der Waals surface area contributed by atoms with Crippen LogP contribution < -0.4 is 42.1 Å². The van der Waals surface area contributed by atoms with Gasteiger partial charge in [-0.2, -0.15) is 0 Å². The zero-order chi connectivity index (χ0) is 59.6. The number of aromatic amines is 1. The quantitative estimate of drug-likeness (QED) is 0.0481.